The molecule has 4 nitrogen and oxygen atoms in total. The van der Waals surface area contributed by atoms with Gasteiger partial charge < -0.3 is 10.1 Å². The Kier molecular flexibility index (Phi) is 5.30. The molecule has 1 N–H and O–H groups in total. The number of ether oxygens (including phenoxy) is 1. The van der Waals surface area contributed by atoms with Crippen LogP contribution in [0.1, 0.15) is 18.4 Å². The monoisotopic (exact) mass is 277 g/mol. The summed E-state index contributed by atoms with van der Waals surface area (Å²) < 4.78 is 5.35. The molecule has 0 fully saturated rings. The van der Waals surface area contributed by atoms with Crippen LogP contribution >= 0.6 is 11.3 Å². The van der Waals surface area contributed by atoms with Crippen molar-refractivity contribution in [1.29, 1.82) is 0 Å². The number of benzene rings is 1. The van der Waals surface area contributed by atoms with Gasteiger partial charge in [0.2, 0.25) is 0 Å². The third kappa shape index (κ3) is 3.75. The number of aromatic nitrogens is 2. The standard InChI is InChI=1S/C14H19N3OS/c1-3-15-10-6-9-13-16-17-14(19-13)11-7-4-5-8-12(11)18-2/h4-5,7-8,15H,3,6,9-10H2,1-2H3. The van der Waals surface area contributed by atoms with Gasteiger partial charge in [0.15, 0.2) is 5.01 Å². The van der Waals surface area contributed by atoms with E-state index >= 15 is 0 Å². The van der Waals surface area contributed by atoms with Gasteiger partial charge in [0, 0.05) is 6.42 Å². The fraction of sp³-hybridized carbons (Fsp3) is 0.429. The molecule has 1 aromatic carbocycles. The molecule has 2 aromatic rings. The first-order chi connectivity index (χ1) is 9.35. The summed E-state index contributed by atoms with van der Waals surface area (Å²) in [4.78, 5) is 0. The van der Waals surface area contributed by atoms with E-state index in [-0.39, 0.29) is 0 Å². The van der Waals surface area contributed by atoms with Gasteiger partial charge in [-0.1, -0.05) is 30.4 Å². The van der Waals surface area contributed by atoms with Crippen molar-refractivity contribution in [3.63, 3.8) is 0 Å². The van der Waals surface area contributed by atoms with Crippen molar-refractivity contribution < 1.29 is 4.74 Å². The molecule has 102 valence electrons. The molecular weight excluding hydrogens is 258 g/mol. The molecule has 0 saturated carbocycles. The highest BCUT2D eigenvalue weighted by molar-refractivity contribution is 7.14. The van der Waals surface area contributed by atoms with Crippen LogP contribution in [0.4, 0.5) is 0 Å². The van der Waals surface area contributed by atoms with Crippen molar-refractivity contribution in [2.75, 3.05) is 20.2 Å². The Hall–Kier alpha value is -1.46. The van der Waals surface area contributed by atoms with Crippen LogP contribution in [0.2, 0.25) is 0 Å². The second-order valence-electron chi connectivity index (χ2n) is 4.16. The molecule has 0 aliphatic heterocycles. The summed E-state index contributed by atoms with van der Waals surface area (Å²) in [5.41, 5.74) is 1.01. The zero-order valence-corrected chi connectivity index (χ0v) is 12.2. The predicted octanol–water partition coefficient (Wildman–Crippen LogP) is 2.76. The van der Waals surface area contributed by atoms with E-state index in [1.54, 1.807) is 18.4 Å². The number of hydrogen-bond acceptors (Lipinski definition) is 5. The Morgan fingerprint density at radius 3 is 2.89 bits per heavy atom. The number of methoxy groups -OCH3 is 1. The SMILES string of the molecule is CCNCCCc1nnc(-c2ccccc2OC)s1. The van der Waals surface area contributed by atoms with Crippen LogP contribution in [-0.4, -0.2) is 30.4 Å². The van der Waals surface area contributed by atoms with Crippen LogP contribution in [0.25, 0.3) is 10.6 Å². The number of aryl methyl sites for hydroxylation is 1. The van der Waals surface area contributed by atoms with Crippen molar-refractivity contribution in [1.82, 2.24) is 15.5 Å². The lowest BCUT2D eigenvalue weighted by atomic mass is 10.2. The molecule has 0 aliphatic rings. The zero-order chi connectivity index (χ0) is 13.5. The summed E-state index contributed by atoms with van der Waals surface area (Å²) in [5.74, 6) is 0.845. The van der Waals surface area contributed by atoms with Crippen molar-refractivity contribution in [3.05, 3.63) is 29.3 Å². The van der Waals surface area contributed by atoms with E-state index in [9.17, 15) is 0 Å². The number of nitrogens with one attached hydrogen (secondary N) is 1. The molecule has 0 amide bonds. The Labute approximate surface area is 117 Å². The number of hydrogen-bond donors (Lipinski definition) is 1. The van der Waals surface area contributed by atoms with Gasteiger partial charge in [0.1, 0.15) is 10.8 Å². The molecule has 0 aliphatic carbocycles. The van der Waals surface area contributed by atoms with Gasteiger partial charge >= 0.3 is 0 Å². The molecule has 1 heterocycles. The minimum atomic E-state index is 0.845. The maximum absolute atomic E-state index is 5.35. The molecule has 0 saturated heterocycles. The van der Waals surface area contributed by atoms with E-state index in [1.165, 1.54) is 0 Å². The molecule has 0 unspecified atom stereocenters. The van der Waals surface area contributed by atoms with E-state index < -0.39 is 0 Å². The van der Waals surface area contributed by atoms with Gasteiger partial charge in [-0.15, -0.1) is 10.2 Å². The first-order valence-electron chi connectivity index (χ1n) is 6.51. The quantitative estimate of drug-likeness (QED) is 0.791. The Bertz CT molecular complexity index is 513. The fourth-order valence-electron chi connectivity index (χ4n) is 1.83. The van der Waals surface area contributed by atoms with E-state index in [2.05, 4.69) is 22.4 Å². The number of para-hydroxylation sites is 1. The molecule has 19 heavy (non-hydrogen) atoms. The summed E-state index contributed by atoms with van der Waals surface area (Å²) in [6, 6.07) is 7.91. The summed E-state index contributed by atoms with van der Waals surface area (Å²) in [6.07, 6.45) is 2.06. The maximum atomic E-state index is 5.35. The highest BCUT2D eigenvalue weighted by Crippen LogP contribution is 2.31. The average molecular weight is 277 g/mol. The zero-order valence-electron chi connectivity index (χ0n) is 11.3. The van der Waals surface area contributed by atoms with Gasteiger partial charge in [0.05, 0.1) is 12.7 Å². The first-order valence-corrected chi connectivity index (χ1v) is 7.33. The van der Waals surface area contributed by atoms with E-state index in [1.807, 2.05) is 24.3 Å². The van der Waals surface area contributed by atoms with Gasteiger partial charge in [-0.25, -0.2) is 0 Å². The summed E-state index contributed by atoms with van der Waals surface area (Å²) >= 11 is 1.64. The normalized spacial score (nSPS) is 10.6. The molecule has 1 aromatic heterocycles. The summed E-state index contributed by atoms with van der Waals surface area (Å²) in [7, 11) is 1.68. The van der Waals surface area contributed by atoms with Gasteiger partial charge in [0.25, 0.3) is 0 Å². The van der Waals surface area contributed by atoms with E-state index in [0.29, 0.717) is 0 Å². The highest BCUT2D eigenvalue weighted by Gasteiger charge is 2.10. The lowest BCUT2D eigenvalue weighted by molar-refractivity contribution is 0.416. The molecule has 0 bridgehead atoms. The lowest BCUT2D eigenvalue weighted by Crippen LogP contribution is -2.14. The summed E-state index contributed by atoms with van der Waals surface area (Å²) in [6.45, 7) is 4.16. The maximum Gasteiger partial charge on any atom is 0.151 e. The smallest absolute Gasteiger partial charge is 0.151 e. The highest BCUT2D eigenvalue weighted by atomic mass is 32.1. The first kappa shape index (κ1) is 14.0. The largest absolute Gasteiger partial charge is 0.496 e. The van der Waals surface area contributed by atoms with Crippen LogP contribution < -0.4 is 10.1 Å². The van der Waals surface area contributed by atoms with Crippen molar-refractivity contribution in [2.24, 2.45) is 0 Å². The average Bonchev–Trinajstić information content (AvgIpc) is 2.92. The Balaban J connectivity index is 2.04. The second-order valence-corrected chi connectivity index (χ2v) is 5.22. The Morgan fingerprint density at radius 2 is 2.11 bits per heavy atom. The number of rotatable bonds is 7. The van der Waals surface area contributed by atoms with E-state index in [0.717, 1.165) is 47.3 Å². The molecule has 0 spiro atoms. The van der Waals surface area contributed by atoms with Gasteiger partial charge in [-0.2, -0.15) is 0 Å². The lowest BCUT2D eigenvalue weighted by Gasteiger charge is -2.03. The number of nitrogens with zero attached hydrogens (tertiary/aromatic N) is 2. The molecular formula is C14H19N3OS. The van der Waals surface area contributed by atoms with Crippen LogP contribution in [0, 0.1) is 0 Å². The second kappa shape index (κ2) is 7.21. The molecule has 0 atom stereocenters. The van der Waals surface area contributed by atoms with Crippen LogP contribution in [0.5, 0.6) is 5.75 Å². The third-order valence-corrected chi connectivity index (χ3v) is 3.81. The predicted molar refractivity (Wildman–Crippen MR) is 78.8 cm³/mol. The van der Waals surface area contributed by atoms with Crippen LogP contribution in [-0.2, 0) is 6.42 Å². The molecule has 2 rings (SSSR count). The minimum Gasteiger partial charge on any atom is -0.496 e. The Morgan fingerprint density at radius 1 is 1.26 bits per heavy atom. The minimum absolute atomic E-state index is 0.845. The van der Waals surface area contributed by atoms with Crippen LogP contribution in [0.3, 0.4) is 0 Å². The van der Waals surface area contributed by atoms with Crippen molar-refractivity contribution >= 4 is 11.3 Å². The van der Waals surface area contributed by atoms with Gasteiger partial charge in [-0.3, -0.25) is 0 Å². The fourth-order valence-corrected chi connectivity index (χ4v) is 2.74. The third-order valence-electron chi connectivity index (χ3n) is 2.80. The van der Waals surface area contributed by atoms with Crippen molar-refractivity contribution in [3.8, 4) is 16.3 Å². The topological polar surface area (TPSA) is 47.0 Å². The molecule has 5 heteroatoms. The summed E-state index contributed by atoms with van der Waals surface area (Å²) in [5, 5.41) is 13.8. The van der Waals surface area contributed by atoms with E-state index in [4.69, 9.17) is 4.74 Å². The van der Waals surface area contributed by atoms with Crippen LogP contribution in [0.15, 0.2) is 24.3 Å². The van der Waals surface area contributed by atoms with Crippen molar-refractivity contribution in [2.45, 2.75) is 19.8 Å². The van der Waals surface area contributed by atoms with Gasteiger partial charge in [-0.05, 0) is 31.6 Å². The molecule has 0 radical (unpaired) electrons.